The first-order valence-electron chi connectivity index (χ1n) is 7.90. The van der Waals surface area contributed by atoms with Crippen LogP contribution in [-0.2, 0) is 20.0 Å². The lowest BCUT2D eigenvalue weighted by molar-refractivity contribution is 0.257. The van der Waals surface area contributed by atoms with Gasteiger partial charge in [0.05, 0.1) is 22.4 Å². The van der Waals surface area contributed by atoms with E-state index < -0.39 is 32.7 Å². The van der Waals surface area contributed by atoms with E-state index in [4.69, 9.17) is 0 Å². The molecule has 0 aliphatic rings. The maximum atomic E-state index is 12.3. The Morgan fingerprint density at radius 2 is 1.23 bits per heavy atom. The van der Waals surface area contributed by atoms with Gasteiger partial charge in [0, 0.05) is 6.54 Å². The topological polar surface area (TPSA) is 113 Å². The van der Waals surface area contributed by atoms with Crippen LogP contribution in [0.15, 0.2) is 58.3 Å². The van der Waals surface area contributed by atoms with Crippen LogP contribution in [0.25, 0.3) is 0 Å². The van der Waals surface area contributed by atoms with Gasteiger partial charge in [-0.05, 0) is 38.1 Å². The van der Waals surface area contributed by atoms with Crippen LogP contribution in [0.2, 0.25) is 0 Å². The zero-order valence-corrected chi connectivity index (χ0v) is 16.1. The molecule has 142 valence electrons. The van der Waals surface area contributed by atoms with Crippen LogP contribution in [0.4, 0.5) is 0 Å². The summed E-state index contributed by atoms with van der Waals surface area (Å²) in [5.74, 6) is 0. The van der Waals surface area contributed by atoms with Gasteiger partial charge in [-0.1, -0.05) is 35.4 Å². The molecule has 2 aromatic rings. The number of aliphatic hydroxyl groups is 1. The summed E-state index contributed by atoms with van der Waals surface area (Å²) >= 11 is 0. The second-order valence-corrected chi connectivity index (χ2v) is 9.46. The van der Waals surface area contributed by atoms with E-state index in [1.165, 1.54) is 24.3 Å². The number of aryl methyl sites for hydroxylation is 2. The van der Waals surface area contributed by atoms with Gasteiger partial charge < -0.3 is 5.11 Å². The zero-order valence-electron chi connectivity index (χ0n) is 14.5. The highest BCUT2D eigenvalue weighted by atomic mass is 32.2. The summed E-state index contributed by atoms with van der Waals surface area (Å²) in [7, 11) is -7.68. The van der Waals surface area contributed by atoms with E-state index in [1.54, 1.807) is 24.3 Å². The van der Waals surface area contributed by atoms with Gasteiger partial charge >= 0.3 is 0 Å². The lowest BCUT2D eigenvalue weighted by Gasteiger charge is -2.17. The fourth-order valence-corrected chi connectivity index (χ4v) is 4.47. The van der Waals surface area contributed by atoms with E-state index in [-0.39, 0.29) is 16.3 Å². The first kappa shape index (κ1) is 20.5. The van der Waals surface area contributed by atoms with E-state index in [0.29, 0.717) is 0 Å². The molecule has 1 atom stereocenters. The van der Waals surface area contributed by atoms with Crippen molar-refractivity contribution < 1.29 is 21.9 Å². The summed E-state index contributed by atoms with van der Waals surface area (Å²) < 4.78 is 53.8. The number of aliphatic hydroxyl groups excluding tert-OH is 1. The Balaban J connectivity index is 2.07. The monoisotopic (exact) mass is 398 g/mol. The number of hydrogen-bond donors (Lipinski definition) is 3. The highest BCUT2D eigenvalue weighted by Gasteiger charge is 2.22. The Hall–Kier alpha value is -1.78. The molecule has 3 N–H and O–H groups in total. The van der Waals surface area contributed by atoms with Gasteiger partial charge in [0.2, 0.25) is 20.0 Å². The predicted molar refractivity (Wildman–Crippen MR) is 98.7 cm³/mol. The summed E-state index contributed by atoms with van der Waals surface area (Å²) in [6.45, 7) is 2.84. The summed E-state index contributed by atoms with van der Waals surface area (Å²) in [6.07, 6.45) is 0. The summed E-state index contributed by atoms with van der Waals surface area (Å²) in [6, 6.07) is 11.5. The van der Waals surface area contributed by atoms with Crippen LogP contribution >= 0.6 is 0 Å². The second kappa shape index (κ2) is 8.28. The lowest BCUT2D eigenvalue weighted by Crippen LogP contribution is -2.45. The smallest absolute Gasteiger partial charge is 0.240 e. The molecule has 26 heavy (non-hydrogen) atoms. The number of hydrogen-bond acceptors (Lipinski definition) is 5. The largest absolute Gasteiger partial charge is 0.395 e. The van der Waals surface area contributed by atoms with Crippen LogP contribution in [0.1, 0.15) is 11.1 Å². The third-order valence-corrected chi connectivity index (χ3v) is 6.70. The van der Waals surface area contributed by atoms with Gasteiger partial charge in [0.15, 0.2) is 0 Å². The number of sulfonamides is 2. The van der Waals surface area contributed by atoms with E-state index in [2.05, 4.69) is 9.44 Å². The molecule has 0 aromatic heterocycles. The van der Waals surface area contributed by atoms with Gasteiger partial charge in [-0.15, -0.1) is 0 Å². The number of benzene rings is 2. The molecule has 0 heterocycles. The highest BCUT2D eigenvalue weighted by molar-refractivity contribution is 7.90. The second-order valence-electron chi connectivity index (χ2n) is 5.98. The molecular formula is C17H22N2O5S2. The van der Waals surface area contributed by atoms with Gasteiger partial charge in [0.25, 0.3) is 0 Å². The van der Waals surface area contributed by atoms with Gasteiger partial charge in [0.1, 0.15) is 0 Å². The minimum Gasteiger partial charge on any atom is -0.395 e. The first-order chi connectivity index (χ1) is 12.1. The molecule has 2 rings (SSSR count). The molecule has 0 spiro atoms. The molecule has 2 aromatic carbocycles. The van der Waals surface area contributed by atoms with Crippen LogP contribution in [0, 0.1) is 13.8 Å². The Labute approximate surface area is 154 Å². The maximum absolute atomic E-state index is 12.3. The fraction of sp³-hybridized carbons (Fsp3) is 0.294. The minimum absolute atomic E-state index is 0.0444. The Kier molecular flexibility index (Phi) is 6.53. The molecule has 9 heteroatoms. The summed E-state index contributed by atoms with van der Waals surface area (Å²) in [5.41, 5.74) is 1.83. The van der Waals surface area contributed by atoms with Crippen molar-refractivity contribution in [2.75, 3.05) is 13.2 Å². The van der Waals surface area contributed by atoms with Crippen LogP contribution in [0.5, 0.6) is 0 Å². The Bertz CT molecular complexity index is 938. The van der Waals surface area contributed by atoms with Gasteiger partial charge in [-0.2, -0.15) is 0 Å². The van der Waals surface area contributed by atoms with E-state index in [1.807, 2.05) is 13.8 Å². The average molecular weight is 399 g/mol. The molecule has 0 amide bonds. The van der Waals surface area contributed by atoms with Crippen molar-refractivity contribution in [2.24, 2.45) is 0 Å². The van der Waals surface area contributed by atoms with Crippen molar-refractivity contribution in [3.63, 3.8) is 0 Å². The molecule has 0 saturated carbocycles. The molecular weight excluding hydrogens is 376 g/mol. The standard InChI is InChI=1S/C17H22N2O5S2/c1-13-3-7-16(8-4-13)25(21,22)18-11-15(12-20)19-26(23,24)17-9-5-14(2)6-10-17/h3-10,15,18-20H,11-12H2,1-2H3. The van der Waals surface area contributed by atoms with Crippen molar-refractivity contribution in [3.8, 4) is 0 Å². The predicted octanol–water partition coefficient (Wildman–Crippen LogP) is 0.921. The molecule has 0 fully saturated rings. The van der Waals surface area contributed by atoms with Gasteiger partial charge in [-0.25, -0.2) is 26.3 Å². The number of rotatable bonds is 8. The molecule has 0 aliphatic heterocycles. The summed E-state index contributed by atoms with van der Waals surface area (Å²) in [4.78, 5) is 0.115. The van der Waals surface area contributed by atoms with Crippen molar-refractivity contribution in [2.45, 2.75) is 29.7 Å². The van der Waals surface area contributed by atoms with Crippen molar-refractivity contribution >= 4 is 20.0 Å². The molecule has 0 radical (unpaired) electrons. The normalized spacial score (nSPS) is 13.5. The number of nitrogens with one attached hydrogen (secondary N) is 2. The van der Waals surface area contributed by atoms with E-state index >= 15 is 0 Å². The summed E-state index contributed by atoms with van der Waals surface area (Å²) in [5, 5.41) is 9.42. The third kappa shape index (κ3) is 5.36. The minimum atomic E-state index is -3.87. The SMILES string of the molecule is Cc1ccc(S(=O)(=O)NCC(CO)NS(=O)(=O)c2ccc(C)cc2)cc1. The molecule has 0 saturated heterocycles. The Morgan fingerprint density at radius 3 is 1.65 bits per heavy atom. The van der Waals surface area contributed by atoms with Crippen LogP contribution in [0.3, 0.4) is 0 Å². The molecule has 0 aliphatic carbocycles. The van der Waals surface area contributed by atoms with Crippen molar-refractivity contribution in [3.05, 3.63) is 59.7 Å². The van der Waals surface area contributed by atoms with E-state index in [0.717, 1.165) is 11.1 Å². The Morgan fingerprint density at radius 1 is 0.808 bits per heavy atom. The maximum Gasteiger partial charge on any atom is 0.240 e. The average Bonchev–Trinajstić information content (AvgIpc) is 2.59. The fourth-order valence-electron chi connectivity index (χ4n) is 2.16. The molecule has 7 nitrogen and oxygen atoms in total. The highest BCUT2D eigenvalue weighted by Crippen LogP contribution is 2.12. The quantitative estimate of drug-likeness (QED) is 0.612. The molecule has 1 unspecified atom stereocenters. The lowest BCUT2D eigenvalue weighted by atomic mass is 10.2. The molecule has 0 bridgehead atoms. The first-order valence-corrected chi connectivity index (χ1v) is 10.9. The van der Waals surface area contributed by atoms with Crippen molar-refractivity contribution in [1.29, 1.82) is 0 Å². The van der Waals surface area contributed by atoms with Crippen LogP contribution < -0.4 is 9.44 Å². The van der Waals surface area contributed by atoms with Gasteiger partial charge in [-0.3, -0.25) is 0 Å². The zero-order chi connectivity index (χ0) is 19.4. The third-order valence-electron chi connectivity index (χ3n) is 3.72. The van der Waals surface area contributed by atoms with E-state index in [9.17, 15) is 21.9 Å². The van der Waals surface area contributed by atoms with Crippen LogP contribution in [-0.4, -0.2) is 41.1 Å². The van der Waals surface area contributed by atoms with Crippen molar-refractivity contribution in [1.82, 2.24) is 9.44 Å².